The maximum absolute atomic E-state index is 2.36. The molecule has 3 aliphatic rings. The third-order valence-electron chi connectivity index (χ3n) is 8.45. The molecule has 0 fully saturated rings. The van der Waals surface area contributed by atoms with Crippen LogP contribution in [0.15, 0.2) is 161 Å². The Morgan fingerprint density at radius 1 is 0.558 bits per heavy atom. The van der Waals surface area contributed by atoms with Gasteiger partial charge in [-0.05, 0) is 22.3 Å². The zero-order valence-corrected chi connectivity index (χ0v) is 27.8. The zero-order valence-electron chi connectivity index (χ0n) is 23.8. The molecule has 5 aromatic carbocycles. The Morgan fingerprint density at radius 2 is 1.07 bits per heavy atom. The van der Waals surface area contributed by atoms with Gasteiger partial charge in [0.2, 0.25) is 0 Å². The Morgan fingerprint density at radius 3 is 1.63 bits per heavy atom. The molecule has 1 unspecified atom stereocenters. The standard InChI is InChI=1S/C22H18.C13H9.C5H5.2ClH.Zr/c1-3-10-18(11-4-1)22(19-12-5-2-6-13-19)21-16-15-17-9-7-8-14-20(17)21;1-3-7-12-10(5-1)9-11-6-2-4-8-13(11)12;1-2-4-5-3-1;;;/h1-16,21-22H;1-9H;1-3H,4H2;2*1H;/q;;;;;+2/p-2. The topological polar surface area (TPSA) is 0 Å². The summed E-state index contributed by atoms with van der Waals surface area (Å²) in [5.41, 5.74) is 11.6. The third kappa shape index (κ3) is 6.51. The molecule has 8 rings (SSSR count). The van der Waals surface area contributed by atoms with Gasteiger partial charge in [0.15, 0.2) is 0 Å². The normalized spacial score (nSPS) is 15.2. The molecule has 0 amide bonds. The predicted molar refractivity (Wildman–Crippen MR) is 169 cm³/mol. The largest absolute Gasteiger partial charge is 1.00 e. The summed E-state index contributed by atoms with van der Waals surface area (Å²) < 4.78 is 2.43. The third-order valence-corrected chi connectivity index (χ3v) is 12.5. The Hall–Kier alpha value is -3.22. The Labute approximate surface area is 279 Å². The van der Waals surface area contributed by atoms with Gasteiger partial charge in [-0.3, -0.25) is 0 Å². The summed E-state index contributed by atoms with van der Waals surface area (Å²) in [4.78, 5) is 0. The van der Waals surface area contributed by atoms with Crippen LogP contribution in [-0.4, -0.2) is 0 Å². The van der Waals surface area contributed by atoms with Gasteiger partial charge in [-0.2, -0.15) is 0 Å². The summed E-state index contributed by atoms with van der Waals surface area (Å²) in [5, 5.41) is 0. The minimum Gasteiger partial charge on any atom is -1.00 e. The van der Waals surface area contributed by atoms with Gasteiger partial charge in [-0.15, -0.1) is 0 Å². The van der Waals surface area contributed by atoms with E-state index in [4.69, 9.17) is 0 Å². The molecular weight excluding hydrogens is 643 g/mol. The van der Waals surface area contributed by atoms with Crippen LogP contribution in [0.3, 0.4) is 0 Å². The molecule has 0 radical (unpaired) electrons. The van der Waals surface area contributed by atoms with Crippen LogP contribution in [0.1, 0.15) is 55.3 Å². The average molecular weight is 675 g/mol. The molecule has 0 saturated carbocycles. The van der Waals surface area contributed by atoms with E-state index in [-0.39, 0.29) is 24.8 Å². The number of fused-ring (bicyclic) bond motifs is 4. The molecule has 5 aromatic rings. The van der Waals surface area contributed by atoms with E-state index >= 15 is 0 Å². The van der Waals surface area contributed by atoms with Gasteiger partial charge < -0.3 is 24.8 Å². The first-order chi connectivity index (χ1) is 20.4. The van der Waals surface area contributed by atoms with Crippen molar-refractivity contribution in [2.75, 3.05) is 0 Å². The minimum atomic E-state index is -0.570. The van der Waals surface area contributed by atoms with Crippen molar-refractivity contribution in [1.29, 1.82) is 0 Å². The van der Waals surface area contributed by atoms with Crippen LogP contribution in [0.2, 0.25) is 0 Å². The van der Waals surface area contributed by atoms with E-state index in [0.717, 1.165) is 0 Å². The fourth-order valence-electron chi connectivity index (χ4n) is 6.55. The van der Waals surface area contributed by atoms with E-state index in [0.29, 0.717) is 15.5 Å². The second-order valence-corrected chi connectivity index (χ2v) is 14.6. The number of hydrogen-bond acceptors (Lipinski definition) is 0. The maximum atomic E-state index is 2.36. The number of halogens is 2. The van der Waals surface area contributed by atoms with E-state index in [1.54, 1.807) is 14.4 Å². The molecule has 43 heavy (non-hydrogen) atoms. The van der Waals surface area contributed by atoms with Gasteiger partial charge in [0.05, 0.1) is 0 Å². The van der Waals surface area contributed by atoms with Crippen LogP contribution in [0.5, 0.6) is 0 Å². The fourth-order valence-corrected chi connectivity index (χ4v) is 10.5. The molecule has 3 aliphatic carbocycles. The molecule has 0 bridgehead atoms. The molecule has 0 nitrogen and oxygen atoms in total. The number of allylic oxidation sites excluding steroid dienone is 5. The first kappa shape index (κ1) is 31.2. The van der Waals surface area contributed by atoms with Gasteiger partial charge in [-0.1, -0.05) is 97.1 Å². The van der Waals surface area contributed by atoms with Crippen LogP contribution in [0.4, 0.5) is 0 Å². The Bertz CT molecular complexity index is 1670. The summed E-state index contributed by atoms with van der Waals surface area (Å²) in [5.74, 6) is 0.767. The molecule has 210 valence electrons. The van der Waals surface area contributed by atoms with Crippen molar-refractivity contribution < 1.29 is 48.0 Å². The van der Waals surface area contributed by atoms with Crippen molar-refractivity contribution in [3.63, 3.8) is 0 Å². The van der Waals surface area contributed by atoms with Crippen LogP contribution < -0.4 is 24.8 Å². The van der Waals surface area contributed by atoms with Crippen molar-refractivity contribution in [1.82, 2.24) is 0 Å². The van der Waals surface area contributed by atoms with Crippen molar-refractivity contribution in [2.24, 2.45) is 0 Å². The van der Waals surface area contributed by atoms with Gasteiger partial charge >= 0.3 is 126 Å². The second kappa shape index (κ2) is 14.5. The molecule has 0 spiro atoms. The summed E-state index contributed by atoms with van der Waals surface area (Å²) in [7, 11) is 0. The summed E-state index contributed by atoms with van der Waals surface area (Å²) in [6.45, 7) is 0. The monoisotopic (exact) mass is 672 g/mol. The van der Waals surface area contributed by atoms with E-state index in [1.807, 2.05) is 0 Å². The quantitative estimate of drug-likeness (QED) is 0.261. The molecule has 0 saturated heterocycles. The van der Waals surface area contributed by atoms with Gasteiger partial charge in [-0.25, -0.2) is 0 Å². The van der Waals surface area contributed by atoms with Crippen molar-refractivity contribution >= 4 is 6.08 Å². The number of benzene rings is 5. The van der Waals surface area contributed by atoms with Gasteiger partial charge in [0.1, 0.15) is 0 Å². The van der Waals surface area contributed by atoms with Crippen LogP contribution in [0.25, 0.3) is 17.2 Å². The molecule has 0 aromatic heterocycles. The summed E-state index contributed by atoms with van der Waals surface area (Å²) in [6.07, 6.45) is 12.7. The fraction of sp³-hybridized carbons (Fsp3) is 0.100. The predicted octanol–water partition coefficient (Wildman–Crippen LogP) is 4.32. The van der Waals surface area contributed by atoms with E-state index in [9.17, 15) is 0 Å². The van der Waals surface area contributed by atoms with Crippen molar-refractivity contribution in [2.45, 2.75) is 21.9 Å². The Balaban J connectivity index is 0.000000165. The zero-order chi connectivity index (χ0) is 27.4. The van der Waals surface area contributed by atoms with Crippen LogP contribution in [-0.2, 0) is 23.2 Å². The average Bonchev–Trinajstić information content (AvgIpc) is 3.79. The molecule has 0 N–H and O–H groups in total. The Kier molecular flexibility index (Phi) is 10.5. The molecule has 0 aliphatic heterocycles. The van der Waals surface area contributed by atoms with Gasteiger partial charge in [0, 0.05) is 11.8 Å². The second-order valence-electron chi connectivity index (χ2n) is 10.9. The number of rotatable bonds is 5. The van der Waals surface area contributed by atoms with E-state index < -0.39 is 23.2 Å². The molecule has 0 heterocycles. The van der Waals surface area contributed by atoms with Crippen molar-refractivity contribution in [3.8, 4) is 11.1 Å². The van der Waals surface area contributed by atoms with Crippen molar-refractivity contribution in [3.05, 3.63) is 194 Å². The van der Waals surface area contributed by atoms with Gasteiger partial charge in [0.25, 0.3) is 0 Å². The first-order valence-electron chi connectivity index (χ1n) is 14.5. The first-order valence-corrected chi connectivity index (χ1v) is 17.2. The van der Waals surface area contributed by atoms with E-state index in [2.05, 4.69) is 164 Å². The molecule has 3 heteroatoms. The van der Waals surface area contributed by atoms with Crippen LogP contribution in [0, 0.1) is 0 Å². The summed E-state index contributed by atoms with van der Waals surface area (Å²) in [6, 6.07) is 48.4. The summed E-state index contributed by atoms with van der Waals surface area (Å²) >= 11 is -0.570. The van der Waals surface area contributed by atoms with Crippen LogP contribution >= 0.6 is 0 Å². The maximum Gasteiger partial charge on any atom is -1.00 e. The minimum absolute atomic E-state index is 0. The SMILES string of the molecule is C1=CC(C(c2ccccc2)c2ccccc2)c2ccccc21.C1=CC[C]([Zr+2][CH]2c3ccccc3-c3ccccc32)=C1.[Cl-].[Cl-]. The van der Waals surface area contributed by atoms with E-state index in [1.165, 1.54) is 39.8 Å². The molecule has 1 atom stereocenters. The smallest absolute Gasteiger partial charge is 1.00 e. The molecular formula is C40H32Cl2Zr. The number of hydrogen-bond donors (Lipinski definition) is 0.